The van der Waals surface area contributed by atoms with Crippen LogP contribution in [0.15, 0.2) is 48.0 Å². The Morgan fingerprint density at radius 2 is 1.93 bits per heavy atom. The third kappa shape index (κ3) is 7.76. The summed E-state index contributed by atoms with van der Waals surface area (Å²) in [6.45, 7) is 4.13. The molecule has 0 fully saturated rings. The summed E-state index contributed by atoms with van der Waals surface area (Å²) in [7, 11) is 0. The molecule has 7 heteroatoms. The number of carboxylic acids is 1. The Morgan fingerprint density at radius 3 is 2.53 bits per heavy atom. The van der Waals surface area contributed by atoms with E-state index in [1.165, 1.54) is 12.1 Å². The van der Waals surface area contributed by atoms with Gasteiger partial charge in [-0.25, -0.2) is 13.6 Å². The first kappa shape index (κ1) is 23.8. The van der Waals surface area contributed by atoms with Crippen molar-refractivity contribution in [1.82, 2.24) is 0 Å². The van der Waals surface area contributed by atoms with E-state index >= 15 is 0 Å². The Labute approximate surface area is 188 Å². The number of rotatable bonds is 8. The zero-order chi connectivity index (χ0) is 22.1. The van der Waals surface area contributed by atoms with E-state index in [1.807, 2.05) is 6.07 Å². The first-order valence-corrected chi connectivity index (χ1v) is 10.3. The lowest BCUT2D eigenvalue weighted by atomic mass is 10.1. The number of hydrogen-bond acceptors (Lipinski definition) is 3. The molecule has 158 valence electrons. The van der Waals surface area contributed by atoms with Crippen molar-refractivity contribution in [2.24, 2.45) is 0 Å². The first-order chi connectivity index (χ1) is 14.3. The Morgan fingerprint density at radius 1 is 1.23 bits per heavy atom. The number of hydrogen-bond donors (Lipinski definition) is 1. The number of allylic oxidation sites excluding steroid dienone is 1. The number of halogens is 3. The normalized spacial score (nSPS) is 12.1. The molecule has 1 N–H and O–H groups in total. The smallest absolute Gasteiger partial charge is 0.333 e. The van der Waals surface area contributed by atoms with E-state index in [9.17, 15) is 18.7 Å². The fourth-order valence-corrected chi connectivity index (χ4v) is 3.26. The molecule has 0 amide bonds. The molecule has 4 nitrogen and oxygen atoms in total. The lowest BCUT2D eigenvalue weighted by Crippen LogP contribution is -2.26. The molecule has 0 aliphatic heterocycles. The highest BCUT2D eigenvalue weighted by molar-refractivity contribution is 14.1. The average molecular weight is 526 g/mol. The van der Waals surface area contributed by atoms with Crippen LogP contribution in [0, 0.1) is 27.0 Å². The molecule has 0 heterocycles. The zero-order valence-electron chi connectivity index (χ0n) is 16.5. The maximum Gasteiger partial charge on any atom is 0.333 e. The van der Waals surface area contributed by atoms with Crippen molar-refractivity contribution in [2.45, 2.75) is 26.4 Å². The molecule has 0 saturated heterocycles. The molecule has 0 bridgehead atoms. The first-order valence-electron chi connectivity index (χ1n) is 9.19. The molecule has 0 aliphatic carbocycles. The van der Waals surface area contributed by atoms with E-state index in [0.29, 0.717) is 17.9 Å². The fraction of sp³-hybridized carbons (Fsp3) is 0.261. The summed E-state index contributed by atoms with van der Waals surface area (Å²) in [4.78, 5) is 11.2. The van der Waals surface area contributed by atoms with Gasteiger partial charge in [0.1, 0.15) is 24.0 Å². The van der Waals surface area contributed by atoms with Crippen LogP contribution in [0.1, 0.15) is 25.0 Å². The van der Waals surface area contributed by atoms with Gasteiger partial charge in [-0.05, 0) is 77.9 Å². The zero-order valence-corrected chi connectivity index (χ0v) is 18.7. The summed E-state index contributed by atoms with van der Waals surface area (Å²) in [5.41, 5.74) is 1.80. The fourth-order valence-electron chi connectivity index (χ4n) is 2.53. The van der Waals surface area contributed by atoms with E-state index in [-0.39, 0.29) is 18.6 Å². The van der Waals surface area contributed by atoms with Gasteiger partial charge in [-0.1, -0.05) is 17.9 Å². The average Bonchev–Trinajstić information content (AvgIpc) is 2.67. The van der Waals surface area contributed by atoms with Gasteiger partial charge in [0.05, 0.1) is 3.57 Å². The van der Waals surface area contributed by atoms with Crippen LogP contribution in [-0.2, 0) is 16.0 Å². The van der Waals surface area contributed by atoms with Crippen LogP contribution >= 0.6 is 22.6 Å². The molecular formula is C23H21F2IO4. The molecule has 2 rings (SSSR count). The molecule has 2 aromatic rings. The number of ether oxygens (including phenoxy) is 2. The minimum atomic E-state index is -0.991. The number of carboxylic acid groups (broad SMARTS) is 1. The van der Waals surface area contributed by atoms with Crippen LogP contribution in [-0.4, -0.2) is 30.4 Å². The van der Waals surface area contributed by atoms with E-state index in [1.54, 1.807) is 32.1 Å². The van der Waals surface area contributed by atoms with Crippen molar-refractivity contribution in [2.75, 3.05) is 13.2 Å². The third-order valence-electron chi connectivity index (χ3n) is 3.96. The van der Waals surface area contributed by atoms with Gasteiger partial charge in [0.2, 0.25) is 0 Å². The molecule has 1 atom stereocenters. The van der Waals surface area contributed by atoms with Crippen molar-refractivity contribution in [3.05, 3.63) is 74.4 Å². The summed E-state index contributed by atoms with van der Waals surface area (Å²) in [6, 6.07) is 8.59. The second-order valence-electron chi connectivity index (χ2n) is 6.36. The quantitative estimate of drug-likeness (QED) is 0.390. The lowest BCUT2D eigenvalue weighted by molar-refractivity contribution is -0.149. The molecule has 0 aliphatic rings. The second kappa shape index (κ2) is 11.7. The van der Waals surface area contributed by atoms with Crippen LogP contribution in [0.25, 0.3) is 0 Å². The Kier molecular flexibility index (Phi) is 9.27. The van der Waals surface area contributed by atoms with Gasteiger partial charge < -0.3 is 14.6 Å². The van der Waals surface area contributed by atoms with Gasteiger partial charge in [0.15, 0.2) is 6.10 Å². The van der Waals surface area contributed by atoms with Gasteiger partial charge in [-0.2, -0.15) is 0 Å². The largest absolute Gasteiger partial charge is 0.488 e. The summed E-state index contributed by atoms with van der Waals surface area (Å²) in [5.74, 6) is 3.88. The molecule has 0 saturated carbocycles. The van der Waals surface area contributed by atoms with Crippen molar-refractivity contribution >= 4 is 28.6 Å². The van der Waals surface area contributed by atoms with Crippen molar-refractivity contribution < 1.29 is 28.2 Å². The lowest BCUT2D eigenvalue weighted by Gasteiger charge is -2.13. The predicted octanol–water partition coefficient (Wildman–Crippen LogP) is 4.98. The molecule has 0 unspecified atom stereocenters. The number of aliphatic carboxylic acids is 1. The van der Waals surface area contributed by atoms with Crippen molar-refractivity contribution in [3.63, 3.8) is 0 Å². The monoisotopic (exact) mass is 526 g/mol. The van der Waals surface area contributed by atoms with Crippen LogP contribution in [0.5, 0.6) is 5.75 Å². The molecule has 30 heavy (non-hydrogen) atoms. The SMILES string of the molecule is CCO[C@@H](Cc1ccc(OC/C=C(/C)C#Cc2cc(F)cc(F)c2)c(I)c1)C(=O)O. The van der Waals surface area contributed by atoms with Gasteiger partial charge in [0.25, 0.3) is 0 Å². The highest BCUT2D eigenvalue weighted by atomic mass is 127. The summed E-state index contributed by atoms with van der Waals surface area (Å²) in [5, 5.41) is 9.20. The van der Waals surface area contributed by atoms with Crippen LogP contribution in [0.4, 0.5) is 8.78 Å². The topological polar surface area (TPSA) is 55.8 Å². The molecule has 2 aromatic carbocycles. The highest BCUT2D eigenvalue weighted by Crippen LogP contribution is 2.23. The maximum absolute atomic E-state index is 13.2. The van der Waals surface area contributed by atoms with Gasteiger partial charge >= 0.3 is 5.97 Å². The molecule has 0 radical (unpaired) electrons. The molecule has 0 spiro atoms. The van der Waals surface area contributed by atoms with Gasteiger partial charge in [-0.15, -0.1) is 0 Å². The van der Waals surface area contributed by atoms with E-state index in [4.69, 9.17) is 9.47 Å². The highest BCUT2D eigenvalue weighted by Gasteiger charge is 2.18. The second-order valence-corrected chi connectivity index (χ2v) is 7.52. The Hall–Kier alpha value is -2.44. The molecular weight excluding hydrogens is 505 g/mol. The maximum atomic E-state index is 13.2. The predicted molar refractivity (Wildman–Crippen MR) is 118 cm³/mol. The van der Waals surface area contributed by atoms with E-state index < -0.39 is 23.7 Å². The van der Waals surface area contributed by atoms with Crippen molar-refractivity contribution in [1.29, 1.82) is 0 Å². The van der Waals surface area contributed by atoms with Gasteiger partial charge in [-0.3, -0.25) is 0 Å². The minimum absolute atomic E-state index is 0.262. The third-order valence-corrected chi connectivity index (χ3v) is 4.80. The molecule has 0 aromatic heterocycles. The number of carbonyl (C=O) groups is 1. The van der Waals surface area contributed by atoms with Crippen molar-refractivity contribution in [3.8, 4) is 17.6 Å². The Bertz CT molecular complexity index is 972. The minimum Gasteiger partial charge on any atom is -0.488 e. The number of benzene rings is 2. The van der Waals surface area contributed by atoms with E-state index in [0.717, 1.165) is 15.2 Å². The summed E-state index contributed by atoms with van der Waals surface area (Å²) < 4.78 is 38.2. The summed E-state index contributed by atoms with van der Waals surface area (Å²) in [6.07, 6.45) is 1.16. The van der Waals surface area contributed by atoms with Crippen LogP contribution in [0.2, 0.25) is 0 Å². The van der Waals surface area contributed by atoms with Gasteiger partial charge in [0, 0.05) is 24.7 Å². The van der Waals surface area contributed by atoms with Crippen LogP contribution in [0.3, 0.4) is 0 Å². The van der Waals surface area contributed by atoms with E-state index in [2.05, 4.69) is 34.4 Å². The van der Waals surface area contributed by atoms with Crippen LogP contribution < -0.4 is 4.74 Å². The Balaban J connectivity index is 1.97. The summed E-state index contributed by atoms with van der Waals surface area (Å²) >= 11 is 2.13. The standard InChI is InChI=1S/C23H21F2IO4/c1-3-29-22(23(27)28)13-17-6-7-21(20(26)12-17)30-9-8-15(2)4-5-16-10-18(24)14-19(25)11-16/h6-8,10-12,14,22H,3,9,13H2,1-2H3,(H,27,28)/b15-8-/t22-/m0/s1.